The summed E-state index contributed by atoms with van der Waals surface area (Å²) in [4.78, 5) is 21.9. The summed E-state index contributed by atoms with van der Waals surface area (Å²) in [6.45, 7) is 0. The van der Waals surface area contributed by atoms with E-state index in [0.29, 0.717) is 6.29 Å². The Morgan fingerprint density at radius 3 is 2.28 bits per heavy atom. The number of nitro groups is 1. The molecule has 0 saturated carbocycles. The Kier molecular flexibility index (Phi) is 5.97. The van der Waals surface area contributed by atoms with Crippen LogP contribution in [0.25, 0.3) is 0 Å². The van der Waals surface area contributed by atoms with Crippen molar-refractivity contribution in [3.05, 3.63) is 88.5 Å². The molecule has 0 aliphatic carbocycles. The van der Waals surface area contributed by atoms with E-state index in [1.807, 2.05) is 0 Å². The molecule has 148 valence electrons. The average molecular weight is 430 g/mol. The van der Waals surface area contributed by atoms with E-state index in [0.717, 1.165) is 6.07 Å². The van der Waals surface area contributed by atoms with Crippen molar-refractivity contribution >= 4 is 38.9 Å². The number of benzene rings is 3. The van der Waals surface area contributed by atoms with Gasteiger partial charge >= 0.3 is 0 Å². The number of sulfonamides is 1. The van der Waals surface area contributed by atoms with E-state index in [9.17, 15) is 27.9 Å². The number of nitrogens with one attached hydrogen (secondary N) is 1. The minimum absolute atomic E-state index is 0.0810. The minimum Gasteiger partial charge on any atom is -0.606 e. The zero-order valence-corrected chi connectivity index (χ0v) is 16.4. The summed E-state index contributed by atoms with van der Waals surface area (Å²) in [6.07, 6.45) is 0.323. The molecule has 3 rings (SSSR count). The van der Waals surface area contributed by atoms with Crippen LogP contribution in [0, 0.1) is 10.1 Å². The van der Waals surface area contributed by atoms with Crippen molar-refractivity contribution in [3.63, 3.8) is 0 Å². The highest BCUT2D eigenvalue weighted by Gasteiger charge is 2.22. The molecule has 0 aliphatic rings. The number of carbonyl (C=O) groups excluding carboxylic acids is 1. The fourth-order valence-electron chi connectivity index (χ4n) is 2.53. The summed E-state index contributed by atoms with van der Waals surface area (Å²) in [6, 6.07) is 17.3. The predicted molar refractivity (Wildman–Crippen MR) is 107 cm³/mol. The number of hydrogen-bond donors (Lipinski definition) is 1. The zero-order valence-electron chi connectivity index (χ0n) is 14.7. The average Bonchev–Trinajstić information content (AvgIpc) is 2.73. The maximum Gasteiger partial charge on any atom is 0.280 e. The third-order valence-electron chi connectivity index (χ3n) is 3.89. The van der Waals surface area contributed by atoms with Crippen LogP contribution in [-0.2, 0) is 21.2 Å². The highest BCUT2D eigenvalue weighted by Crippen LogP contribution is 2.28. The van der Waals surface area contributed by atoms with Crippen LogP contribution in [0.1, 0.15) is 10.4 Å². The summed E-state index contributed by atoms with van der Waals surface area (Å²) in [7, 11) is -3.82. The molecule has 3 aromatic carbocycles. The fourth-order valence-corrected chi connectivity index (χ4v) is 4.74. The molecule has 10 heteroatoms. The van der Waals surface area contributed by atoms with Crippen molar-refractivity contribution in [1.82, 2.24) is 0 Å². The summed E-state index contributed by atoms with van der Waals surface area (Å²) in [5.41, 5.74) is -0.371. The number of rotatable bonds is 7. The molecule has 0 aromatic heterocycles. The van der Waals surface area contributed by atoms with Crippen molar-refractivity contribution in [3.8, 4) is 0 Å². The van der Waals surface area contributed by atoms with Crippen LogP contribution in [0.2, 0.25) is 0 Å². The molecule has 0 heterocycles. The van der Waals surface area contributed by atoms with Gasteiger partial charge in [0.15, 0.2) is 16.1 Å². The maximum absolute atomic E-state index is 12.8. The van der Waals surface area contributed by atoms with Crippen molar-refractivity contribution < 1.29 is 22.7 Å². The minimum atomic E-state index is -3.82. The van der Waals surface area contributed by atoms with Crippen molar-refractivity contribution in [2.45, 2.75) is 14.7 Å². The van der Waals surface area contributed by atoms with Crippen LogP contribution in [0.15, 0.2) is 87.5 Å². The molecule has 29 heavy (non-hydrogen) atoms. The number of nitrogens with zero attached hydrogens (tertiary/aromatic N) is 1. The van der Waals surface area contributed by atoms with Crippen LogP contribution in [0.3, 0.4) is 0 Å². The largest absolute Gasteiger partial charge is 0.606 e. The first-order chi connectivity index (χ1) is 13.8. The molecule has 0 fully saturated rings. The van der Waals surface area contributed by atoms with E-state index in [1.54, 1.807) is 18.2 Å². The summed E-state index contributed by atoms with van der Waals surface area (Å²) < 4.78 is 40.1. The van der Waals surface area contributed by atoms with Gasteiger partial charge in [-0.05, 0) is 24.3 Å². The number of aldehydes is 1. The molecule has 1 unspecified atom stereocenters. The predicted octanol–water partition coefficient (Wildman–Crippen LogP) is 3.37. The van der Waals surface area contributed by atoms with Gasteiger partial charge in [0, 0.05) is 35.4 Å². The van der Waals surface area contributed by atoms with Gasteiger partial charge in [-0.3, -0.25) is 19.6 Å². The quantitative estimate of drug-likeness (QED) is 0.265. The fraction of sp³-hybridized carbons (Fsp3) is 0. The monoisotopic (exact) mass is 430 g/mol. The molecular weight excluding hydrogens is 416 g/mol. The van der Waals surface area contributed by atoms with E-state index in [1.165, 1.54) is 48.5 Å². The van der Waals surface area contributed by atoms with Crippen LogP contribution in [-0.4, -0.2) is 24.2 Å². The van der Waals surface area contributed by atoms with Crippen LogP contribution >= 0.6 is 0 Å². The molecule has 0 bridgehead atoms. The van der Waals surface area contributed by atoms with Gasteiger partial charge in [-0.2, -0.15) is 0 Å². The number of anilines is 1. The van der Waals surface area contributed by atoms with Crippen molar-refractivity contribution in [2.24, 2.45) is 0 Å². The first kappa shape index (κ1) is 20.5. The molecular formula is C19H14N2O6S2. The number of carbonyl (C=O) groups is 1. The SMILES string of the molecule is O=Cc1cc([S+]([O-])c2cccc(NS(=O)(=O)c3ccccc3)c2)ccc1[N+](=O)[O-]. The van der Waals surface area contributed by atoms with Crippen LogP contribution < -0.4 is 4.72 Å². The Balaban J connectivity index is 1.89. The third-order valence-corrected chi connectivity index (χ3v) is 6.65. The summed E-state index contributed by atoms with van der Waals surface area (Å²) >= 11 is -1.78. The van der Waals surface area contributed by atoms with Crippen LogP contribution in [0.4, 0.5) is 11.4 Å². The molecule has 3 aromatic rings. The highest BCUT2D eigenvalue weighted by molar-refractivity contribution is 7.92. The third kappa shape index (κ3) is 4.62. The molecule has 0 saturated heterocycles. The Morgan fingerprint density at radius 1 is 0.931 bits per heavy atom. The van der Waals surface area contributed by atoms with Gasteiger partial charge in [0.1, 0.15) is 0 Å². The zero-order chi connectivity index (χ0) is 21.0. The topological polar surface area (TPSA) is 129 Å². The Labute approximate surface area is 169 Å². The van der Waals surface area contributed by atoms with Gasteiger partial charge in [-0.1, -0.05) is 24.3 Å². The van der Waals surface area contributed by atoms with Gasteiger partial charge in [-0.15, -0.1) is 0 Å². The Bertz CT molecular complexity index is 1170. The second kappa shape index (κ2) is 8.43. The smallest absolute Gasteiger partial charge is 0.280 e. The summed E-state index contributed by atoms with van der Waals surface area (Å²) in [5.74, 6) is 0. The first-order valence-corrected chi connectivity index (χ1v) is 10.8. The molecule has 1 N–H and O–H groups in total. The van der Waals surface area contributed by atoms with E-state index >= 15 is 0 Å². The van der Waals surface area contributed by atoms with E-state index < -0.39 is 26.1 Å². The lowest BCUT2D eigenvalue weighted by molar-refractivity contribution is -0.385. The number of hydrogen-bond acceptors (Lipinski definition) is 6. The van der Waals surface area contributed by atoms with E-state index in [2.05, 4.69) is 4.72 Å². The van der Waals surface area contributed by atoms with Crippen molar-refractivity contribution in [1.29, 1.82) is 0 Å². The first-order valence-electron chi connectivity index (χ1n) is 8.15. The summed E-state index contributed by atoms with van der Waals surface area (Å²) in [5, 5.41) is 10.9. The lowest BCUT2D eigenvalue weighted by Gasteiger charge is -2.12. The van der Waals surface area contributed by atoms with Gasteiger partial charge in [0.05, 0.1) is 21.1 Å². The molecule has 8 nitrogen and oxygen atoms in total. The normalized spacial score (nSPS) is 12.2. The maximum atomic E-state index is 12.8. The van der Waals surface area contributed by atoms with E-state index in [-0.39, 0.29) is 31.6 Å². The highest BCUT2D eigenvalue weighted by atomic mass is 32.2. The second-order valence-corrected chi connectivity index (χ2v) is 8.97. The molecule has 1 atom stereocenters. The van der Waals surface area contributed by atoms with Gasteiger partial charge in [0.2, 0.25) is 0 Å². The molecule has 0 aliphatic heterocycles. The molecule has 0 amide bonds. The Hall–Kier alpha value is -3.21. The molecule has 0 radical (unpaired) electrons. The lowest BCUT2D eigenvalue weighted by Crippen LogP contribution is -2.13. The van der Waals surface area contributed by atoms with Crippen molar-refractivity contribution in [2.75, 3.05) is 4.72 Å². The molecule has 0 spiro atoms. The Morgan fingerprint density at radius 2 is 1.62 bits per heavy atom. The number of nitro benzene ring substituents is 1. The van der Waals surface area contributed by atoms with Gasteiger partial charge < -0.3 is 4.55 Å². The lowest BCUT2D eigenvalue weighted by atomic mass is 10.2. The standard InChI is InChI=1S/C19H14N2O6S2/c22-13-14-11-17(9-10-19(14)21(23)24)28(25)16-6-4-5-15(12-16)20-29(26,27)18-7-2-1-3-8-18/h1-13,20H. The van der Waals surface area contributed by atoms with Gasteiger partial charge in [-0.25, -0.2) is 8.42 Å². The van der Waals surface area contributed by atoms with E-state index in [4.69, 9.17) is 0 Å². The van der Waals surface area contributed by atoms with Gasteiger partial charge in [0.25, 0.3) is 15.7 Å². The van der Waals surface area contributed by atoms with Crippen LogP contribution in [0.5, 0.6) is 0 Å². The second-order valence-electron chi connectivity index (χ2n) is 5.81.